The van der Waals surface area contributed by atoms with Crippen LogP contribution in [0.15, 0.2) is 5.16 Å². The number of Topliss-reactive ketones (excluding diaryl/α,β-unsaturated/α-hetero) is 1. The predicted octanol–water partition coefficient (Wildman–Crippen LogP) is 1.38. The maximum Gasteiger partial charge on any atom is 0.180 e. The SMILES string of the molecule is CCC(=O)/C(CC)=N/OC. The highest BCUT2D eigenvalue weighted by atomic mass is 16.6. The maximum absolute atomic E-state index is 10.9. The fourth-order valence-electron chi connectivity index (χ4n) is 0.627. The summed E-state index contributed by atoms with van der Waals surface area (Å²) >= 11 is 0. The highest BCUT2D eigenvalue weighted by Gasteiger charge is 2.05. The molecule has 0 aliphatic heterocycles. The molecule has 0 rings (SSSR count). The van der Waals surface area contributed by atoms with Crippen LogP contribution in [-0.2, 0) is 9.63 Å². The Bertz CT molecular complexity index is 141. The summed E-state index contributed by atoms with van der Waals surface area (Å²) in [5.41, 5.74) is 0.519. The lowest BCUT2D eigenvalue weighted by Crippen LogP contribution is -2.11. The minimum atomic E-state index is 0.0596. The second-order valence-electron chi connectivity index (χ2n) is 1.85. The Labute approximate surface area is 61.1 Å². The Morgan fingerprint density at radius 2 is 2.00 bits per heavy atom. The minimum absolute atomic E-state index is 0.0596. The van der Waals surface area contributed by atoms with Crippen LogP contribution in [-0.4, -0.2) is 18.6 Å². The number of hydrogen-bond donors (Lipinski definition) is 0. The fraction of sp³-hybridized carbons (Fsp3) is 0.714. The van der Waals surface area contributed by atoms with Crippen LogP contribution in [0.4, 0.5) is 0 Å². The summed E-state index contributed by atoms with van der Waals surface area (Å²) in [5.74, 6) is 0.0596. The molecule has 0 aromatic carbocycles. The average Bonchev–Trinajstić information content (AvgIpc) is 1.99. The summed E-state index contributed by atoms with van der Waals surface area (Å²) in [5, 5.41) is 3.58. The van der Waals surface area contributed by atoms with Crippen LogP contribution < -0.4 is 0 Å². The second-order valence-corrected chi connectivity index (χ2v) is 1.85. The van der Waals surface area contributed by atoms with Crippen LogP contribution in [0.2, 0.25) is 0 Å². The molecule has 0 unspecified atom stereocenters. The zero-order chi connectivity index (χ0) is 7.98. The van der Waals surface area contributed by atoms with Gasteiger partial charge in [-0.15, -0.1) is 0 Å². The number of oxime groups is 1. The highest BCUT2D eigenvalue weighted by Crippen LogP contribution is 1.92. The molecule has 3 nitrogen and oxygen atoms in total. The van der Waals surface area contributed by atoms with Crippen molar-refractivity contribution in [2.24, 2.45) is 5.16 Å². The maximum atomic E-state index is 10.9. The van der Waals surface area contributed by atoms with E-state index in [0.29, 0.717) is 18.6 Å². The van der Waals surface area contributed by atoms with Crippen molar-refractivity contribution in [1.82, 2.24) is 0 Å². The van der Waals surface area contributed by atoms with Crippen molar-refractivity contribution in [1.29, 1.82) is 0 Å². The largest absolute Gasteiger partial charge is 0.399 e. The van der Waals surface area contributed by atoms with Crippen molar-refractivity contribution >= 4 is 11.5 Å². The molecule has 0 bridgehead atoms. The van der Waals surface area contributed by atoms with Crippen molar-refractivity contribution in [2.45, 2.75) is 26.7 Å². The van der Waals surface area contributed by atoms with Crippen LogP contribution >= 0.6 is 0 Å². The van der Waals surface area contributed by atoms with Gasteiger partial charge in [0.2, 0.25) is 0 Å². The molecule has 0 amide bonds. The second kappa shape index (κ2) is 4.97. The van der Waals surface area contributed by atoms with E-state index in [0.717, 1.165) is 0 Å². The quantitative estimate of drug-likeness (QED) is 0.440. The van der Waals surface area contributed by atoms with Crippen LogP contribution in [0.1, 0.15) is 26.7 Å². The van der Waals surface area contributed by atoms with Gasteiger partial charge in [0.05, 0.1) is 0 Å². The Morgan fingerprint density at radius 1 is 1.40 bits per heavy atom. The van der Waals surface area contributed by atoms with Gasteiger partial charge in [-0.2, -0.15) is 0 Å². The molecular formula is C7H13NO2. The molecule has 0 aromatic heterocycles. The number of hydrogen-bond acceptors (Lipinski definition) is 3. The lowest BCUT2D eigenvalue weighted by molar-refractivity contribution is -0.112. The molecule has 0 N–H and O–H groups in total. The summed E-state index contributed by atoms with van der Waals surface area (Å²) in [6, 6.07) is 0. The Balaban J connectivity index is 4.06. The summed E-state index contributed by atoms with van der Waals surface area (Å²) in [4.78, 5) is 15.4. The van der Waals surface area contributed by atoms with E-state index in [4.69, 9.17) is 0 Å². The predicted molar refractivity (Wildman–Crippen MR) is 40.0 cm³/mol. The molecule has 0 aromatic rings. The molecule has 10 heavy (non-hydrogen) atoms. The summed E-state index contributed by atoms with van der Waals surface area (Å²) in [6.07, 6.45) is 1.14. The first kappa shape index (κ1) is 9.14. The Hall–Kier alpha value is -0.860. The van der Waals surface area contributed by atoms with Gasteiger partial charge in [0.25, 0.3) is 0 Å². The molecule has 0 aliphatic rings. The van der Waals surface area contributed by atoms with Crippen LogP contribution in [0.25, 0.3) is 0 Å². The third-order valence-corrected chi connectivity index (χ3v) is 1.18. The normalized spacial score (nSPS) is 11.3. The van der Waals surface area contributed by atoms with Gasteiger partial charge >= 0.3 is 0 Å². The molecule has 0 saturated heterocycles. The molecule has 0 heterocycles. The van der Waals surface area contributed by atoms with Gasteiger partial charge in [0, 0.05) is 6.42 Å². The molecule has 0 radical (unpaired) electrons. The summed E-state index contributed by atoms with van der Waals surface area (Å²) in [6.45, 7) is 3.69. The molecule has 0 saturated carbocycles. The van der Waals surface area contributed by atoms with Crippen molar-refractivity contribution in [3.63, 3.8) is 0 Å². The molecular weight excluding hydrogens is 130 g/mol. The summed E-state index contributed by atoms with van der Waals surface area (Å²) in [7, 11) is 1.44. The highest BCUT2D eigenvalue weighted by molar-refractivity contribution is 6.39. The first-order chi connectivity index (χ1) is 4.76. The zero-order valence-corrected chi connectivity index (χ0v) is 6.68. The van der Waals surface area contributed by atoms with E-state index in [2.05, 4.69) is 9.99 Å². The third-order valence-electron chi connectivity index (χ3n) is 1.18. The van der Waals surface area contributed by atoms with Gasteiger partial charge in [0.15, 0.2) is 5.78 Å². The van der Waals surface area contributed by atoms with Gasteiger partial charge in [-0.1, -0.05) is 19.0 Å². The summed E-state index contributed by atoms with van der Waals surface area (Å²) < 4.78 is 0. The van der Waals surface area contributed by atoms with Crippen LogP contribution in [0.3, 0.4) is 0 Å². The van der Waals surface area contributed by atoms with Gasteiger partial charge in [-0.05, 0) is 6.42 Å². The van der Waals surface area contributed by atoms with E-state index < -0.39 is 0 Å². The standard InChI is InChI=1S/C7H13NO2/c1-4-6(8-10-3)7(9)5-2/h4-5H2,1-3H3/b8-6+. The molecule has 58 valence electrons. The molecule has 0 atom stereocenters. The lowest BCUT2D eigenvalue weighted by atomic mass is 10.1. The molecule has 0 fully saturated rings. The third kappa shape index (κ3) is 2.62. The van der Waals surface area contributed by atoms with Crippen LogP contribution in [0.5, 0.6) is 0 Å². The number of rotatable bonds is 4. The topological polar surface area (TPSA) is 38.7 Å². The zero-order valence-electron chi connectivity index (χ0n) is 6.68. The van der Waals surface area contributed by atoms with Gasteiger partial charge in [0.1, 0.15) is 12.8 Å². The van der Waals surface area contributed by atoms with Crippen LogP contribution in [0, 0.1) is 0 Å². The lowest BCUT2D eigenvalue weighted by Gasteiger charge is -1.96. The Morgan fingerprint density at radius 3 is 2.30 bits per heavy atom. The van der Waals surface area contributed by atoms with Crippen molar-refractivity contribution in [2.75, 3.05) is 7.11 Å². The first-order valence-electron chi connectivity index (χ1n) is 3.39. The minimum Gasteiger partial charge on any atom is -0.399 e. The number of carbonyl (C=O) groups excluding carboxylic acids is 1. The monoisotopic (exact) mass is 143 g/mol. The van der Waals surface area contributed by atoms with Crippen molar-refractivity contribution < 1.29 is 9.63 Å². The van der Waals surface area contributed by atoms with Gasteiger partial charge in [-0.25, -0.2) is 0 Å². The van der Waals surface area contributed by atoms with E-state index in [1.54, 1.807) is 0 Å². The van der Waals surface area contributed by atoms with E-state index in [9.17, 15) is 4.79 Å². The van der Waals surface area contributed by atoms with E-state index in [-0.39, 0.29) is 5.78 Å². The smallest absolute Gasteiger partial charge is 0.180 e. The number of carbonyl (C=O) groups is 1. The first-order valence-corrected chi connectivity index (χ1v) is 3.39. The van der Waals surface area contributed by atoms with Gasteiger partial charge < -0.3 is 4.84 Å². The number of ketones is 1. The van der Waals surface area contributed by atoms with E-state index >= 15 is 0 Å². The fourth-order valence-corrected chi connectivity index (χ4v) is 0.627. The van der Waals surface area contributed by atoms with Gasteiger partial charge in [-0.3, -0.25) is 4.79 Å². The molecule has 3 heteroatoms. The van der Waals surface area contributed by atoms with E-state index in [1.807, 2.05) is 13.8 Å². The molecule has 0 aliphatic carbocycles. The molecule has 0 spiro atoms. The number of nitrogens with zero attached hydrogens (tertiary/aromatic N) is 1. The van der Waals surface area contributed by atoms with Crippen molar-refractivity contribution in [3.8, 4) is 0 Å². The van der Waals surface area contributed by atoms with E-state index in [1.165, 1.54) is 7.11 Å². The Kier molecular flexibility index (Phi) is 4.54. The van der Waals surface area contributed by atoms with Crippen molar-refractivity contribution in [3.05, 3.63) is 0 Å². The average molecular weight is 143 g/mol.